The number of anilines is 1. The normalized spacial score (nSPS) is 12.0. The molecule has 0 heterocycles. The summed E-state index contributed by atoms with van der Waals surface area (Å²) in [6.07, 6.45) is 0. The van der Waals surface area contributed by atoms with Crippen molar-refractivity contribution in [3.8, 4) is 11.5 Å². The maximum atomic E-state index is 13.0. The van der Waals surface area contributed by atoms with E-state index in [9.17, 15) is 13.2 Å². The van der Waals surface area contributed by atoms with E-state index in [1.54, 1.807) is 51.5 Å². The van der Waals surface area contributed by atoms with Gasteiger partial charge in [0.2, 0.25) is 0 Å². The fraction of sp³-hybridized carbons (Fsp3) is 0.208. The summed E-state index contributed by atoms with van der Waals surface area (Å²) in [5.41, 5.74) is 2.02. The molecular formula is C24H25ClN2O5S. The number of hydrogen-bond donors (Lipinski definition) is 2. The topological polar surface area (TPSA) is 93.7 Å². The molecule has 0 fully saturated rings. The summed E-state index contributed by atoms with van der Waals surface area (Å²) in [6, 6.07) is 15.7. The molecule has 0 aliphatic carbocycles. The van der Waals surface area contributed by atoms with Crippen LogP contribution in [-0.2, 0) is 10.0 Å². The predicted octanol–water partition coefficient (Wildman–Crippen LogP) is 4.96. The van der Waals surface area contributed by atoms with E-state index in [0.29, 0.717) is 11.5 Å². The number of nitrogens with one attached hydrogen (secondary N) is 2. The summed E-state index contributed by atoms with van der Waals surface area (Å²) >= 11 is 6.25. The van der Waals surface area contributed by atoms with Crippen molar-refractivity contribution >= 4 is 33.2 Å². The monoisotopic (exact) mass is 488 g/mol. The van der Waals surface area contributed by atoms with Crippen LogP contribution in [0.1, 0.15) is 34.5 Å². The van der Waals surface area contributed by atoms with Gasteiger partial charge in [-0.3, -0.25) is 9.52 Å². The van der Waals surface area contributed by atoms with Crippen molar-refractivity contribution in [1.82, 2.24) is 5.32 Å². The van der Waals surface area contributed by atoms with E-state index in [-0.39, 0.29) is 21.2 Å². The number of ether oxygens (including phenoxy) is 2. The largest absolute Gasteiger partial charge is 0.497 e. The molecule has 3 aromatic rings. The molecule has 33 heavy (non-hydrogen) atoms. The van der Waals surface area contributed by atoms with Crippen LogP contribution in [0, 0.1) is 6.92 Å². The van der Waals surface area contributed by atoms with Gasteiger partial charge in [0, 0.05) is 11.3 Å². The van der Waals surface area contributed by atoms with Crippen LogP contribution in [0.25, 0.3) is 0 Å². The smallest absolute Gasteiger partial charge is 0.261 e. The molecule has 0 spiro atoms. The lowest BCUT2D eigenvalue weighted by Crippen LogP contribution is -2.27. The molecule has 0 bridgehead atoms. The summed E-state index contributed by atoms with van der Waals surface area (Å²) < 4.78 is 38.6. The Morgan fingerprint density at radius 2 is 1.67 bits per heavy atom. The highest BCUT2D eigenvalue weighted by atomic mass is 35.5. The van der Waals surface area contributed by atoms with Gasteiger partial charge in [-0.2, -0.15) is 0 Å². The molecule has 9 heteroatoms. The zero-order valence-electron chi connectivity index (χ0n) is 18.7. The Morgan fingerprint density at radius 1 is 0.970 bits per heavy atom. The van der Waals surface area contributed by atoms with Crippen LogP contribution in [0.3, 0.4) is 0 Å². The van der Waals surface area contributed by atoms with Crippen LogP contribution < -0.4 is 19.5 Å². The van der Waals surface area contributed by atoms with E-state index < -0.39 is 22.0 Å². The van der Waals surface area contributed by atoms with Crippen molar-refractivity contribution in [3.05, 3.63) is 82.4 Å². The number of hydrogen-bond acceptors (Lipinski definition) is 5. The SMILES string of the molecule is COc1ccc(OC)c([C@H](C)NC(=O)c2cc(NS(=O)(=O)c3ccc(C)cc3)ccc2Cl)c1. The van der Waals surface area contributed by atoms with Crippen molar-refractivity contribution in [2.45, 2.75) is 24.8 Å². The third-order valence-corrected chi connectivity index (χ3v) is 6.77. The molecule has 3 aromatic carbocycles. The Kier molecular flexibility index (Phi) is 7.50. The highest BCUT2D eigenvalue weighted by Gasteiger charge is 2.20. The maximum absolute atomic E-state index is 13.0. The molecule has 0 radical (unpaired) electrons. The first kappa shape index (κ1) is 24.4. The molecule has 3 rings (SSSR count). The van der Waals surface area contributed by atoms with E-state index >= 15 is 0 Å². The van der Waals surface area contributed by atoms with Crippen molar-refractivity contribution < 1.29 is 22.7 Å². The second-order valence-corrected chi connectivity index (χ2v) is 9.51. The van der Waals surface area contributed by atoms with Gasteiger partial charge < -0.3 is 14.8 Å². The van der Waals surface area contributed by atoms with E-state index in [1.165, 1.54) is 30.3 Å². The Morgan fingerprint density at radius 3 is 2.30 bits per heavy atom. The van der Waals surface area contributed by atoms with E-state index in [4.69, 9.17) is 21.1 Å². The number of benzene rings is 3. The highest BCUT2D eigenvalue weighted by Crippen LogP contribution is 2.30. The molecule has 0 aliphatic heterocycles. The average Bonchev–Trinajstić information content (AvgIpc) is 2.79. The van der Waals surface area contributed by atoms with Gasteiger partial charge >= 0.3 is 0 Å². The third kappa shape index (κ3) is 5.77. The number of sulfonamides is 1. The molecule has 174 valence electrons. The highest BCUT2D eigenvalue weighted by molar-refractivity contribution is 7.92. The molecule has 0 aromatic heterocycles. The van der Waals surface area contributed by atoms with Gasteiger partial charge in [-0.15, -0.1) is 0 Å². The van der Waals surface area contributed by atoms with Crippen LogP contribution in [-0.4, -0.2) is 28.5 Å². The van der Waals surface area contributed by atoms with Crippen LogP contribution in [0.15, 0.2) is 65.6 Å². The van der Waals surface area contributed by atoms with Crippen LogP contribution in [0.5, 0.6) is 11.5 Å². The number of halogens is 1. The van der Waals surface area contributed by atoms with Crippen molar-refractivity contribution in [3.63, 3.8) is 0 Å². The summed E-state index contributed by atoms with van der Waals surface area (Å²) in [7, 11) is -0.728. The average molecular weight is 489 g/mol. The van der Waals surface area contributed by atoms with Crippen LogP contribution in [0.2, 0.25) is 5.02 Å². The minimum Gasteiger partial charge on any atom is -0.497 e. The Balaban J connectivity index is 1.83. The number of rotatable bonds is 8. The standard InChI is InChI=1S/C24H25ClN2O5S/c1-15-5-9-19(10-6-15)33(29,30)27-17-7-11-22(25)21(13-17)24(28)26-16(2)20-14-18(31-3)8-12-23(20)32-4/h5-14,16,27H,1-4H3,(H,26,28)/t16-/m0/s1. The first-order valence-electron chi connectivity index (χ1n) is 10.1. The molecule has 0 aliphatic rings. The van der Waals surface area contributed by atoms with Crippen LogP contribution >= 0.6 is 11.6 Å². The minimum absolute atomic E-state index is 0.118. The van der Waals surface area contributed by atoms with Crippen LogP contribution in [0.4, 0.5) is 5.69 Å². The van der Waals surface area contributed by atoms with Gasteiger partial charge in [-0.05, 0) is 62.4 Å². The molecule has 7 nitrogen and oxygen atoms in total. The quantitative estimate of drug-likeness (QED) is 0.467. The molecule has 1 amide bonds. The second-order valence-electron chi connectivity index (χ2n) is 7.42. The lowest BCUT2D eigenvalue weighted by molar-refractivity contribution is 0.0939. The summed E-state index contributed by atoms with van der Waals surface area (Å²) in [5.74, 6) is 0.750. The van der Waals surface area contributed by atoms with Gasteiger partial charge in [0.05, 0.1) is 35.7 Å². The molecule has 2 N–H and O–H groups in total. The zero-order valence-corrected chi connectivity index (χ0v) is 20.3. The van der Waals surface area contributed by atoms with E-state index in [0.717, 1.165) is 11.1 Å². The number of methoxy groups -OCH3 is 2. The molecule has 0 saturated heterocycles. The summed E-state index contributed by atoms with van der Waals surface area (Å²) in [5, 5.41) is 3.06. The lowest BCUT2D eigenvalue weighted by atomic mass is 10.1. The first-order valence-corrected chi connectivity index (χ1v) is 11.9. The molecule has 0 saturated carbocycles. The van der Waals surface area contributed by atoms with Crippen molar-refractivity contribution in [2.24, 2.45) is 0 Å². The Bertz CT molecular complexity index is 1260. The first-order chi connectivity index (χ1) is 15.6. The van der Waals surface area contributed by atoms with Crippen molar-refractivity contribution in [1.29, 1.82) is 0 Å². The number of carbonyl (C=O) groups is 1. The third-order valence-electron chi connectivity index (χ3n) is 5.05. The van der Waals surface area contributed by atoms with Gasteiger partial charge in [-0.25, -0.2) is 8.42 Å². The second kappa shape index (κ2) is 10.1. The van der Waals surface area contributed by atoms with Gasteiger partial charge in [-0.1, -0.05) is 29.3 Å². The fourth-order valence-electron chi connectivity index (χ4n) is 3.22. The molecule has 1 atom stereocenters. The van der Waals surface area contributed by atoms with Crippen molar-refractivity contribution in [2.75, 3.05) is 18.9 Å². The fourth-order valence-corrected chi connectivity index (χ4v) is 4.48. The maximum Gasteiger partial charge on any atom is 0.261 e. The van der Waals surface area contributed by atoms with E-state index in [2.05, 4.69) is 10.0 Å². The minimum atomic E-state index is -3.82. The van der Waals surface area contributed by atoms with E-state index in [1.807, 2.05) is 6.92 Å². The predicted molar refractivity (Wildman–Crippen MR) is 129 cm³/mol. The summed E-state index contributed by atoms with van der Waals surface area (Å²) in [4.78, 5) is 13.1. The number of carbonyl (C=O) groups excluding carboxylic acids is 1. The molecular weight excluding hydrogens is 464 g/mol. The van der Waals surface area contributed by atoms with Gasteiger partial charge in [0.15, 0.2) is 0 Å². The summed E-state index contributed by atoms with van der Waals surface area (Å²) in [6.45, 7) is 3.67. The Hall–Kier alpha value is -3.23. The van der Waals surface area contributed by atoms with Gasteiger partial charge in [0.1, 0.15) is 11.5 Å². The lowest BCUT2D eigenvalue weighted by Gasteiger charge is -2.19. The Labute approximate surface area is 198 Å². The zero-order chi connectivity index (χ0) is 24.2. The van der Waals surface area contributed by atoms with Gasteiger partial charge in [0.25, 0.3) is 15.9 Å². The number of amides is 1. The molecule has 0 unspecified atom stereocenters. The number of aryl methyl sites for hydroxylation is 1.